The molecule has 154 valence electrons. The van der Waals surface area contributed by atoms with Gasteiger partial charge in [0.25, 0.3) is 5.91 Å². The van der Waals surface area contributed by atoms with Crippen molar-refractivity contribution < 1.29 is 23.2 Å². The van der Waals surface area contributed by atoms with E-state index >= 15 is 0 Å². The molecule has 0 aliphatic carbocycles. The van der Waals surface area contributed by atoms with E-state index in [-0.39, 0.29) is 11.4 Å². The first-order valence-corrected chi connectivity index (χ1v) is 11.4. The Morgan fingerprint density at radius 3 is 2.52 bits per heavy atom. The van der Waals surface area contributed by atoms with E-state index in [2.05, 4.69) is 0 Å². The molecule has 2 aromatic rings. The van der Waals surface area contributed by atoms with Gasteiger partial charge in [0.15, 0.2) is 0 Å². The third kappa shape index (κ3) is 4.23. The molecule has 0 radical (unpaired) electrons. The first-order valence-electron chi connectivity index (χ1n) is 8.96. The molecule has 0 saturated carbocycles. The van der Waals surface area contributed by atoms with Crippen molar-refractivity contribution in [1.29, 1.82) is 0 Å². The molecule has 0 aromatic heterocycles. The average Bonchev–Trinajstić information content (AvgIpc) is 2.72. The van der Waals surface area contributed by atoms with Gasteiger partial charge in [-0.2, -0.15) is 16.1 Å². The minimum atomic E-state index is -3.96. The highest BCUT2D eigenvalue weighted by Crippen LogP contribution is 2.38. The molecule has 3 rings (SSSR count). The van der Waals surface area contributed by atoms with Gasteiger partial charge in [-0.25, -0.2) is 13.9 Å². The number of carbonyl (C=O) groups is 2. The number of nitrogens with one attached hydrogen (secondary N) is 1. The topological polar surface area (TPSA) is 104 Å². The van der Waals surface area contributed by atoms with Crippen LogP contribution in [-0.2, 0) is 14.8 Å². The molecule has 1 heterocycles. The molecule has 1 aliphatic heterocycles. The van der Waals surface area contributed by atoms with Gasteiger partial charge in [0.2, 0.25) is 10.0 Å². The summed E-state index contributed by atoms with van der Waals surface area (Å²) in [6.07, 6.45) is 0.755. The second-order valence-electron chi connectivity index (χ2n) is 7.21. The maximum atomic E-state index is 13.3. The SMILES string of the molecule is CC1(C)SCCN(S(=O)(=O)c2ccc(-c3cccc(C=O)c3)cc2)[C@H]1C(=O)NO. The highest BCUT2D eigenvalue weighted by atomic mass is 32.2. The van der Waals surface area contributed by atoms with E-state index in [1.54, 1.807) is 49.7 Å². The van der Waals surface area contributed by atoms with Crippen molar-refractivity contribution in [2.45, 2.75) is 29.5 Å². The number of thioether (sulfide) groups is 1. The van der Waals surface area contributed by atoms with Crippen LogP contribution in [-0.4, -0.2) is 53.2 Å². The van der Waals surface area contributed by atoms with Crippen LogP contribution in [0.1, 0.15) is 24.2 Å². The average molecular weight is 435 g/mol. The summed E-state index contributed by atoms with van der Waals surface area (Å²) in [6.45, 7) is 3.72. The van der Waals surface area contributed by atoms with Gasteiger partial charge in [-0.15, -0.1) is 0 Å². The Bertz CT molecular complexity index is 1020. The Balaban J connectivity index is 1.96. The highest BCUT2D eigenvalue weighted by Gasteiger charge is 2.48. The summed E-state index contributed by atoms with van der Waals surface area (Å²) >= 11 is 1.48. The van der Waals surface area contributed by atoms with Crippen molar-refractivity contribution in [3.05, 3.63) is 54.1 Å². The van der Waals surface area contributed by atoms with Crippen molar-refractivity contribution in [2.75, 3.05) is 12.3 Å². The second kappa shape index (κ2) is 8.27. The van der Waals surface area contributed by atoms with Gasteiger partial charge in [0.1, 0.15) is 12.3 Å². The number of benzene rings is 2. The summed E-state index contributed by atoms with van der Waals surface area (Å²) < 4.78 is 27.0. The van der Waals surface area contributed by atoms with Gasteiger partial charge in [0, 0.05) is 22.6 Å². The minimum Gasteiger partial charge on any atom is -0.298 e. The summed E-state index contributed by atoms with van der Waals surface area (Å²) in [5, 5.41) is 9.12. The van der Waals surface area contributed by atoms with Crippen molar-refractivity contribution in [2.24, 2.45) is 0 Å². The van der Waals surface area contributed by atoms with Crippen LogP contribution < -0.4 is 5.48 Å². The molecule has 1 fully saturated rings. The molecular weight excluding hydrogens is 412 g/mol. The normalized spacial score (nSPS) is 19.5. The lowest BCUT2D eigenvalue weighted by atomic mass is 10.0. The molecule has 1 amide bonds. The van der Waals surface area contributed by atoms with Crippen LogP contribution in [0, 0.1) is 0 Å². The van der Waals surface area contributed by atoms with E-state index in [0.717, 1.165) is 21.7 Å². The summed E-state index contributed by atoms with van der Waals surface area (Å²) in [7, 11) is -3.96. The number of nitrogens with zero attached hydrogens (tertiary/aromatic N) is 1. The van der Waals surface area contributed by atoms with Crippen LogP contribution in [0.15, 0.2) is 53.4 Å². The van der Waals surface area contributed by atoms with Crippen molar-refractivity contribution in [3.8, 4) is 11.1 Å². The molecule has 29 heavy (non-hydrogen) atoms. The fraction of sp³-hybridized carbons (Fsp3) is 0.300. The zero-order chi connectivity index (χ0) is 21.2. The Kier molecular flexibility index (Phi) is 6.13. The lowest BCUT2D eigenvalue weighted by molar-refractivity contribution is -0.134. The molecular formula is C20H22N2O5S2. The van der Waals surface area contributed by atoms with Crippen LogP contribution in [0.5, 0.6) is 0 Å². The third-order valence-corrected chi connectivity index (χ3v) is 8.14. The lowest BCUT2D eigenvalue weighted by Crippen LogP contribution is -2.61. The zero-order valence-electron chi connectivity index (χ0n) is 16.0. The maximum absolute atomic E-state index is 13.3. The predicted octanol–water partition coefficient (Wildman–Crippen LogP) is 2.56. The fourth-order valence-corrected chi connectivity index (χ4v) is 6.57. The number of amides is 1. The number of hydrogen-bond donors (Lipinski definition) is 2. The third-order valence-electron chi connectivity index (χ3n) is 4.91. The quantitative estimate of drug-likeness (QED) is 0.426. The summed E-state index contributed by atoms with van der Waals surface area (Å²) in [5.74, 6) is -0.217. The minimum absolute atomic E-state index is 0.0613. The Morgan fingerprint density at radius 2 is 1.90 bits per heavy atom. The number of sulfonamides is 1. The summed E-state index contributed by atoms with van der Waals surface area (Å²) in [6, 6.07) is 12.3. The smallest absolute Gasteiger partial charge is 0.263 e. The number of aldehydes is 1. The first-order chi connectivity index (χ1) is 13.7. The van der Waals surface area contributed by atoms with Crippen LogP contribution in [0.3, 0.4) is 0 Å². The second-order valence-corrected chi connectivity index (χ2v) is 10.9. The molecule has 0 spiro atoms. The molecule has 0 bridgehead atoms. The van der Waals surface area contributed by atoms with E-state index in [1.807, 2.05) is 6.07 Å². The largest absolute Gasteiger partial charge is 0.298 e. The van der Waals surface area contributed by atoms with E-state index < -0.39 is 26.7 Å². The van der Waals surface area contributed by atoms with Gasteiger partial charge < -0.3 is 0 Å². The van der Waals surface area contributed by atoms with Gasteiger partial charge in [-0.1, -0.05) is 30.3 Å². The number of carbonyl (C=O) groups excluding carboxylic acids is 2. The number of rotatable bonds is 5. The molecule has 2 aromatic carbocycles. The molecule has 1 aliphatic rings. The van der Waals surface area contributed by atoms with Crippen LogP contribution in [0.4, 0.5) is 0 Å². The van der Waals surface area contributed by atoms with Crippen molar-refractivity contribution in [3.63, 3.8) is 0 Å². The van der Waals surface area contributed by atoms with Gasteiger partial charge in [-0.3, -0.25) is 14.8 Å². The van der Waals surface area contributed by atoms with Crippen LogP contribution >= 0.6 is 11.8 Å². The summed E-state index contributed by atoms with van der Waals surface area (Å²) in [5.41, 5.74) is 3.70. The Labute approximate surface area is 174 Å². The number of hydrogen-bond acceptors (Lipinski definition) is 6. The molecule has 1 saturated heterocycles. The van der Waals surface area contributed by atoms with E-state index in [4.69, 9.17) is 5.21 Å². The van der Waals surface area contributed by atoms with Gasteiger partial charge in [-0.05, 0) is 43.2 Å². The monoisotopic (exact) mass is 434 g/mol. The molecule has 2 N–H and O–H groups in total. The van der Waals surface area contributed by atoms with Crippen LogP contribution in [0.25, 0.3) is 11.1 Å². The summed E-state index contributed by atoms with van der Waals surface area (Å²) in [4.78, 5) is 23.3. The lowest BCUT2D eigenvalue weighted by Gasteiger charge is -2.43. The van der Waals surface area contributed by atoms with Crippen molar-refractivity contribution >= 4 is 34.0 Å². The van der Waals surface area contributed by atoms with E-state index in [1.165, 1.54) is 23.9 Å². The Morgan fingerprint density at radius 1 is 1.21 bits per heavy atom. The zero-order valence-corrected chi connectivity index (χ0v) is 17.7. The molecule has 7 nitrogen and oxygen atoms in total. The van der Waals surface area contributed by atoms with Crippen LogP contribution in [0.2, 0.25) is 0 Å². The predicted molar refractivity (Wildman–Crippen MR) is 111 cm³/mol. The number of hydroxylamine groups is 1. The maximum Gasteiger partial charge on any atom is 0.263 e. The molecule has 9 heteroatoms. The fourth-order valence-electron chi connectivity index (χ4n) is 3.47. The van der Waals surface area contributed by atoms with E-state index in [9.17, 15) is 18.0 Å². The standard InChI is InChI=1S/C20H22N2O5S2/c1-20(2)18(19(24)21-25)22(10-11-28-20)29(26,27)17-8-6-15(7-9-17)16-5-3-4-14(12-16)13-23/h3-9,12-13,18,25H,10-11H2,1-2H3,(H,21,24)/t18-/m0/s1. The van der Waals surface area contributed by atoms with E-state index in [0.29, 0.717) is 11.3 Å². The van der Waals surface area contributed by atoms with Crippen molar-refractivity contribution in [1.82, 2.24) is 9.79 Å². The Hall–Kier alpha value is -2.20. The van der Waals surface area contributed by atoms with Gasteiger partial charge in [0.05, 0.1) is 4.90 Å². The first kappa shape index (κ1) is 21.5. The highest BCUT2D eigenvalue weighted by molar-refractivity contribution is 8.00. The van der Waals surface area contributed by atoms with Gasteiger partial charge >= 0.3 is 0 Å². The molecule has 0 unspecified atom stereocenters. The molecule has 1 atom stereocenters.